The Balaban J connectivity index is 2.17. The van der Waals surface area contributed by atoms with E-state index in [4.69, 9.17) is 0 Å². The molecule has 1 aromatic carbocycles. The normalized spacial score (nSPS) is 12.4. The van der Waals surface area contributed by atoms with Gasteiger partial charge < -0.3 is 5.11 Å². The number of nitrogens with zero attached hydrogens (tertiary/aromatic N) is 1. The van der Waals surface area contributed by atoms with E-state index in [1.165, 1.54) is 16.0 Å². The van der Waals surface area contributed by atoms with Gasteiger partial charge in [-0.25, -0.2) is 0 Å². The molecule has 2 nitrogen and oxygen atoms in total. The molecule has 19 heavy (non-hydrogen) atoms. The van der Waals surface area contributed by atoms with Crippen molar-refractivity contribution in [3.05, 3.63) is 53.3 Å². The van der Waals surface area contributed by atoms with Gasteiger partial charge in [0.05, 0.1) is 11.8 Å². The molecule has 1 atom stereocenters. The van der Waals surface area contributed by atoms with Gasteiger partial charge in [-0.1, -0.05) is 30.8 Å². The van der Waals surface area contributed by atoms with E-state index in [0.29, 0.717) is 6.42 Å². The maximum absolute atomic E-state index is 9.72. The average molecular weight is 273 g/mol. The molecule has 2 rings (SSSR count). The fourth-order valence-electron chi connectivity index (χ4n) is 1.80. The first-order valence-corrected chi connectivity index (χ1v) is 7.31. The second kappa shape index (κ2) is 6.22. The average Bonchev–Trinajstić information content (AvgIpc) is 2.43. The van der Waals surface area contributed by atoms with Gasteiger partial charge in [0.1, 0.15) is 0 Å². The molecule has 0 radical (unpaired) electrons. The largest absolute Gasteiger partial charge is 0.387 e. The summed E-state index contributed by atoms with van der Waals surface area (Å²) in [6.07, 6.45) is 2.07. The molecule has 1 N–H and O–H groups in total. The Hall–Kier alpha value is -1.32. The maximum atomic E-state index is 9.72. The van der Waals surface area contributed by atoms with Crippen molar-refractivity contribution in [3.8, 4) is 0 Å². The smallest absolute Gasteiger partial charge is 0.0957 e. The zero-order valence-electron chi connectivity index (χ0n) is 11.6. The Morgan fingerprint density at radius 2 is 2.00 bits per heavy atom. The Morgan fingerprint density at radius 3 is 2.63 bits per heavy atom. The van der Waals surface area contributed by atoms with Crippen LogP contribution in [0.1, 0.15) is 36.3 Å². The van der Waals surface area contributed by atoms with Gasteiger partial charge in [-0.3, -0.25) is 4.98 Å². The lowest BCUT2D eigenvalue weighted by molar-refractivity contribution is 0.169. The summed E-state index contributed by atoms with van der Waals surface area (Å²) < 4.78 is 0. The highest BCUT2D eigenvalue weighted by atomic mass is 32.2. The van der Waals surface area contributed by atoms with Crippen LogP contribution in [0.15, 0.2) is 46.3 Å². The number of rotatable bonds is 4. The third kappa shape index (κ3) is 3.58. The predicted octanol–water partition coefficient (Wildman–Crippen LogP) is 4.29. The Morgan fingerprint density at radius 1 is 1.21 bits per heavy atom. The van der Waals surface area contributed by atoms with Crippen molar-refractivity contribution in [2.24, 2.45) is 0 Å². The van der Waals surface area contributed by atoms with Crippen LogP contribution >= 0.6 is 11.8 Å². The molecule has 2 aromatic rings. The van der Waals surface area contributed by atoms with Crippen molar-refractivity contribution in [3.63, 3.8) is 0 Å². The number of aliphatic hydroxyl groups excluding tert-OH is 1. The molecule has 0 saturated heterocycles. The molecule has 0 spiro atoms. The summed E-state index contributed by atoms with van der Waals surface area (Å²) in [6, 6.07) is 10.4. The van der Waals surface area contributed by atoms with Crippen molar-refractivity contribution in [2.75, 3.05) is 0 Å². The molecule has 1 aromatic heterocycles. The zero-order valence-corrected chi connectivity index (χ0v) is 12.4. The molecular formula is C16H19NOS. The van der Waals surface area contributed by atoms with Gasteiger partial charge in [-0.2, -0.15) is 0 Å². The number of pyridine rings is 1. The number of aryl methyl sites for hydroxylation is 2. The highest BCUT2D eigenvalue weighted by Gasteiger charge is 2.07. The summed E-state index contributed by atoms with van der Waals surface area (Å²) in [5.74, 6) is 0. The molecule has 0 fully saturated rings. The second-order valence-corrected chi connectivity index (χ2v) is 5.83. The Labute approximate surface area is 118 Å². The Bertz CT molecular complexity index is 551. The second-order valence-electron chi connectivity index (χ2n) is 4.71. The first kappa shape index (κ1) is 14.1. The van der Waals surface area contributed by atoms with E-state index < -0.39 is 6.10 Å². The highest BCUT2D eigenvalue weighted by Crippen LogP contribution is 2.31. The third-order valence-corrected chi connectivity index (χ3v) is 4.20. The Kier molecular flexibility index (Phi) is 4.61. The van der Waals surface area contributed by atoms with E-state index in [1.807, 2.05) is 25.3 Å². The van der Waals surface area contributed by atoms with Crippen LogP contribution in [0.2, 0.25) is 0 Å². The van der Waals surface area contributed by atoms with Crippen molar-refractivity contribution in [2.45, 2.75) is 43.1 Å². The van der Waals surface area contributed by atoms with Crippen LogP contribution in [0.25, 0.3) is 0 Å². The van der Waals surface area contributed by atoms with Crippen LogP contribution in [-0.4, -0.2) is 10.1 Å². The number of aromatic nitrogens is 1. The van der Waals surface area contributed by atoms with Gasteiger partial charge in [0.2, 0.25) is 0 Å². The van der Waals surface area contributed by atoms with Crippen LogP contribution in [0.3, 0.4) is 0 Å². The van der Waals surface area contributed by atoms with Crippen LogP contribution < -0.4 is 0 Å². The molecule has 1 heterocycles. The topological polar surface area (TPSA) is 33.1 Å². The van der Waals surface area contributed by atoms with Gasteiger partial charge in [0, 0.05) is 16.0 Å². The molecule has 0 amide bonds. The SMILES string of the molecule is CC[C@@H](O)c1ccc(Sc2cc(C)ccc2C)cn1. The number of hydrogen-bond donors (Lipinski definition) is 1. The van der Waals surface area contributed by atoms with Gasteiger partial charge >= 0.3 is 0 Å². The molecule has 0 unspecified atom stereocenters. The molecule has 3 heteroatoms. The summed E-state index contributed by atoms with van der Waals surface area (Å²) >= 11 is 1.71. The van der Waals surface area contributed by atoms with Gasteiger partial charge in [-0.15, -0.1) is 0 Å². The molecule has 0 aliphatic rings. The minimum absolute atomic E-state index is 0.459. The lowest BCUT2D eigenvalue weighted by Crippen LogP contribution is -1.97. The summed E-state index contributed by atoms with van der Waals surface area (Å²) in [5, 5.41) is 9.72. The molecular weight excluding hydrogens is 254 g/mol. The molecule has 0 aliphatic carbocycles. The van der Waals surface area contributed by atoms with Crippen LogP contribution in [-0.2, 0) is 0 Å². The van der Waals surface area contributed by atoms with Crippen LogP contribution in [0.4, 0.5) is 0 Å². The molecule has 100 valence electrons. The first-order chi connectivity index (χ1) is 9.10. The minimum atomic E-state index is -0.459. The van der Waals surface area contributed by atoms with Crippen molar-refractivity contribution < 1.29 is 5.11 Å². The van der Waals surface area contributed by atoms with Crippen molar-refractivity contribution in [1.29, 1.82) is 0 Å². The maximum Gasteiger partial charge on any atom is 0.0957 e. The van der Waals surface area contributed by atoms with E-state index in [-0.39, 0.29) is 0 Å². The molecule has 0 aliphatic heterocycles. The third-order valence-electron chi connectivity index (χ3n) is 3.06. The van der Waals surface area contributed by atoms with Crippen LogP contribution in [0, 0.1) is 13.8 Å². The highest BCUT2D eigenvalue weighted by molar-refractivity contribution is 7.99. The van der Waals surface area contributed by atoms with E-state index in [2.05, 4.69) is 37.0 Å². The number of hydrogen-bond acceptors (Lipinski definition) is 3. The van der Waals surface area contributed by atoms with Crippen LogP contribution in [0.5, 0.6) is 0 Å². The lowest BCUT2D eigenvalue weighted by Gasteiger charge is -2.09. The van der Waals surface area contributed by atoms with Gasteiger partial charge in [0.15, 0.2) is 0 Å². The monoisotopic (exact) mass is 273 g/mol. The number of benzene rings is 1. The fraction of sp³-hybridized carbons (Fsp3) is 0.312. The summed E-state index contributed by atoms with van der Waals surface area (Å²) in [7, 11) is 0. The van der Waals surface area contributed by atoms with Gasteiger partial charge in [0.25, 0.3) is 0 Å². The van der Waals surface area contributed by atoms with E-state index in [1.54, 1.807) is 11.8 Å². The van der Waals surface area contributed by atoms with Crippen molar-refractivity contribution in [1.82, 2.24) is 4.98 Å². The summed E-state index contributed by atoms with van der Waals surface area (Å²) in [5.41, 5.74) is 3.28. The van der Waals surface area contributed by atoms with Crippen molar-refractivity contribution >= 4 is 11.8 Å². The fourth-order valence-corrected chi connectivity index (χ4v) is 2.77. The van der Waals surface area contributed by atoms with E-state index in [9.17, 15) is 5.11 Å². The summed E-state index contributed by atoms with van der Waals surface area (Å²) in [6.45, 7) is 6.16. The predicted molar refractivity (Wildman–Crippen MR) is 79.5 cm³/mol. The van der Waals surface area contributed by atoms with Gasteiger partial charge in [-0.05, 0) is 49.6 Å². The molecule has 0 bridgehead atoms. The zero-order chi connectivity index (χ0) is 13.8. The summed E-state index contributed by atoms with van der Waals surface area (Å²) in [4.78, 5) is 6.68. The quantitative estimate of drug-likeness (QED) is 0.902. The standard InChI is InChI=1S/C16H19NOS/c1-4-15(18)14-8-7-13(10-17-14)19-16-9-11(2)5-6-12(16)3/h5-10,15,18H,4H2,1-3H3/t15-/m1/s1. The minimum Gasteiger partial charge on any atom is -0.387 e. The molecule has 0 saturated carbocycles. The number of aliphatic hydroxyl groups is 1. The van der Waals surface area contributed by atoms with E-state index in [0.717, 1.165) is 10.6 Å². The lowest BCUT2D eigenvalue weighted by atomic mass is 10.2. The first-order valence-electron chi connectivity index (χ1n) is 6.49. The van der Waals surface area contributed by atoms with E-state index >= 15 is 0 Å².